The molecule has 124 valence electrons. The first-order valence-electron chi connectivity index (χ1n) is 7.67. The molecular weight excluding hydrogens is 322 g/mol. The largest absolute Gasteiger partial charge is 0.360 e. The van der Waals surface area contributed by atoms with Crippen molar-refractivity contribution in [3.8, 4) is 0 Å². The van der Waals surface area contributed by atoms with Gasteiger partial charge in [-0.15, -0.1) is 0 Å². The number of aryl methyl sites for hydroxylation is 4. The average molecular weight is 341 g/mol. The third-order valence-electron chi connectivity index (χ3n) is 3.89. The van der Waals surface area contributed by atoms with Gasteiger partial charge < -0.3 is 9.84 Å². The van der Waals surface area contributed by atoms with Crippen molar-refractivity contribution in [3.05, 3.63) is 46.7 Å². The summed E-state index contributed by atoms with van der Waals surface area (Å²) in [5, 5.41) is 8.48. The summed E-state index contributed by atoms with van der Waals surface area (Å²) in [5.41, 5.74) is 4.46. The normalized spacial score (nSPS) is 11.0. The van der Waals surface area contributed by atoms with E-state index in [1.165, 1.54) is 22.9 Å². The summed E-state index contributed by atoms with van der Waals surface area (Å²) in [7, 11) is 0. The number of thioether (sulfide) groups is 1. The highest BCUT2D eigenvalue weighted by Crippen LogP contribution is 2.27. The lowest BCUT2D eigenvalue weighted by Crippen LogP contribution is -2.14. The van der Waals surface area contributed by atoms with Crippen LogP contribution in [0.25, 0.3) is 10.9 Å². The van der Waals surface area contributed by atoms with Gasteiger partial charge in [-0.2, -0.15) is 0 Å². The molecule has 0 spiro atoms. The van der Waals surface area contributed by atoms with Gasteiger partial charge in [0.1, 0.15) is 10.8 Å². The molecule has 0 aliphatic rings. The zero-order chi connectivity index (χ0) is 17.3. The zero-order valence-electron chi connectivity index (χ0n) is 14.1. The number of carbonyl (C=O) groups excluding carboxylic acids is 1. The second kappa shape index (κ2) is 6.65. The summed E-state index contributed by atoms with van der Waals surface area (Å²) >= 11 is 1.43. The minimum absolute atomic E-state index is 0.129. The number of benzene rings is 1. The van der Waals surface area contributed by atoms with E-state index in [1.54, 1.807) is 13.0 Å². The number of amides is 1. The predicted molar refractivity (Wildman–Crippen MR) is 96.5 cm³/mol. The number of anilines is 1. The lowest BCUT2D eigenvalue weighted by atomic mass is 10.0. The van der Waals surface area contributed by atoms with Crippen LogP contribution in [0.4, 0.5) is 5.82 Å². The lowest BCUT2D eigenvalue weighted by molar-refractivity contribution is -0.113. The summed E-state index contributed by atoms with van der Waals surface area (Å²) < 4.78 is 4.94. The number of rotatable bonds is 4. The van der Waals surface area contributed by atoms with Gasteiger partial charge in [-0.1, -0.05) is 29.1 Å². The Morgan fingerprint density at radius 2 is 1.96 bits per heavy atom. The molecule has 6 heteroatoms. The first kappa shape index (κ1) is 16.5. The molecule has 0 radical (unpaired) electrons. The Labute approximate surface area is 144 Å². The van der Waals surface area contributed by atoms with Crippen LogP contribution < -0.4 is 5.32 Å². The summed E-state index contributed by atoms with van der Waals surface area (Å²) in [6.45, 7) is 7.96. The number of hydrogen-bond donors (Lipinski definition) is 1. The maximum absolute atomic E-state index is 12.0. The molecule has 0 saturated carbocycles. The Bertz CT molecular complexity index is 918. The molecule has 0 aliphatic heterocycles. The van der Waals surface area contributed by atoms with Crippen LogP contribution in [0.5, 0.6) is 0 Å². The Kier molecular flexibility index (Phi) is 4.57. The standard InChI is InChI=1S/C18H19N3O2S/c1-10-5-6-14-7-11(2)18(20-17(14)13(10)4)24-9-16(22)19-15-8-12(3)23-21-15/h5-8H,9H2,1-4H3,(H,19,21,22). The van der Waals surface area contributed by atoms with E-state index in [0.29, 0.717) is 11.6 Å². The topological polar surface area (TPSA) is 68.0 Å². The van der Waals surface area contributed by atoms with Crippen LogP contribution >= 0.6 is 11.8 Å². The smallest absolute Gasteiger partial charge is 0.236 e. The van der Waals surface area contributed by atoms with Gasteiger partial charge >= 0.3 is 0 Å². The maximum atomic E-state index is 12.0. The number of nitrogens with one attached hydrogen (secondary N) is 1. The van der Waals surface area contributed by atoms with E-state index in [2.05, 4.69) is 42.5 Å². The summed E-state index contributed by atoms with van der Waals surface area (Å²) in [6, 6.07) is 8.01. The van der Waals surface area contributed by atoms with Crippen LogP contribution in [0.2, 0.25) is 0 Å². The molecule has 0 unspecified atom stereocenters. The predicted octanol–water partition coefficient (Wildman–Crippen LogP) is 4.19. The first-order valence-corrected chi connectivity index (χ1v) is 8.66. The van der Waals surface area contributed by atoms with E-state index in [9.17, 15) is 4.79 Å². The van der Waals surface area contributed by atoms with Crippen LogP contribution in [0.15, 0.2) is 33.8 Å². The van der Waals surface area contributed by atoms with Crippen LogP contribution in [0, 0.1) is 27.7 Å². The molecule has 0 fully saturated rings. The van der Waals surface area contributed by atoms with E-state index in [4.69, 9.17) is 9.51 Å². The highest BCUT2D eigenvalue weighted by molar-refractivity contribution is 8.00. The van der Waals surface area contributed by atoms with Gasteiger partial charge in [0.05, 0.1) is 11.3 Å². The molecule has 2 aromatic heterocycles. The monoisotopic (exact) mass is 341 g/mol. The Morgan fingerprint density at radius 1 is 1.17 bits per heavy atom. The second-order valence-corrected chi connectivity index (χ2v) is 6.81. The van der Waals surface area contributed by atoms with Gasteiger partial charge in [-0.3, -0.25) is 4.79 Å². The van der Waals surface area contributed by atoms with Crippen LogP contribution in [0.1, 0.15) is 22.5 Å². The van der Waals surface area contributed by atoms with Gasteiger partial charge in [-0.25, -0.2) is 4.98 Å². The molecule has 1 amide bonds. The Hall–Kier alpha value is -2.34. The van der Waals surface area contributed by atoms with Crippen molar-refractivity contribution in [2.45, 2.75) is 32.7 Å². The third-order valence-corrected chi connectivity index (χ3v) is 4.98. The van der Waals surface area contributed by atoms with E-state index < -0.39 is 0 Å². The van der Waals surface area contributed by atoms with Gasteiger partial charge in [-0.05, 0) is 50.5 Å². The maximum Gasteiger partial charge on any atom is 0.236 e. The Balaban J connectivity index is 1.76. The Morgan fingerprint density at radius 3 is 2.67 bits per heavy atom. The number of pyridine rings is 1. The highest BCUT2D eigenvalue weighted by atomic mass is 32.2. The number of hydrogen-bond acceptors (Lipinski definition) is 5. The molecule has 2 heterocycles. The number of fused-ring (bicyclic) bond motifs is 1. The van der Waals surface area contributed by atoms with Crippen molar-refractivity contribution < 1.29 is 9.32 Å². The molecule has 0 bridgehead atoms. The highest BCUT2D eigenvalue weighted by Gasteiger charge is 2.11. The quantitative estimate of drug-likeness (QED) is 0.721. The summed E-state index contributed by atoms with van der Waals surface area (Å²) in [6.07, 6.45) is 0. The van der Waals surface area contributed by atoms with Crippen molar-refractivity contribution in [2.24, 2.45) is 0 Å². The van der Waals surface area contributed by atoms with Crippen molar-refractivity contribution in [3.63, 3.8) is 0 Å². The molecule has 24 heavy (non-hydrogen) atoms. The molecule has 5 nitrogen and oxygen atoms in total. The molecule has 1 aromatic carbocycles. The van der Waals surface area contributed by atoms with E-state index in [0.717, 1.165) is 21.5 Å². The van der Waals surface area contributed by atoms with Crippen molar-refractivity contribution in [1.29, 1.82) is 0 Å². The molecule has 0 aliphatic carbocycles. The number of carbonyl (C=O) groups is 1. The molecular formula is C18H19N3O2S. The fourth-order valence-electron chi connectivity index (χ4n) is 2.46. The molecule has 1 N–H and O–H groups in total. The van der Waals surface area contributed by atoms with Gasteiger partial charge in [0.25, 0.3) is 0 Å². The van der Waals surface area contributed by atoms with Crippen LogP contribution in [0.3, 0.4) is 0 Å². The van der Waals surface area contributed by atoms with Crippen molar-refractivity contribution >= 4 is 34.4 Å². The third kappa shape index (κ3) is 3.43. The first-order chi connectivity index (χ1) is 11.4. The molecule has 0 saturated heterocycles. The fourth-order valence-corrected chi connectivity index (χ4v) is 3.24. The minimum atomic E-state index is -0.129. The molecule has 0 atom stereocenters. The van der Waals surface area contributed by atoms with Gasteiger partial charge in [0, 0.05) is 11.5 Å². The number of aromatic nitrogens is 2. The van der Waals surface area contributed by atoms with Crippen LogP contribution in [-0.4, -0.2) is 21.8 Å². The van der Waals surface area contributed by atoms with E-state index in [-0.39, 0.29) is 11.7 Å². The summed E-state index contributed by atoms with van der Waals surface area (Å²) in [5.74, 6) is 1.25. The number of nitrogens with zero attached hydrogens (tertiary/aromatic N) is 2. The summed E-state index contributed by atoms with van der Waals surface area (Å²) in [4.78, 5) is 16.8. The van der Waals surface area contributed by atoms with E-state index in [1.807, 2.05) is 6.92 Å². The zero-order valence-corrected chi connectivity index (χ0v) is 15.0. The fraction of sp³-hybridized carbons (Fsp3) is 0.278. The van der Waals surface area contributed by atoms with Gasteiger partial charge in [0.15, 0.2) is 5.82 Å². The van der Waals surface area contributed by atoms with Crippen molar-refractivity contribution in [1.82, 2.24) is 10.1 Å². The second-order valence-electron chi connectivity index (χ2n) is 5.85. The van der Waals surface area contributed by atoms with E-state index >= 15 is 0 Å². The van der Waals surface area contributed by atoms with Crippen LogP contribution in [-0.2, 0) is 4.79 Å². The van der Waals surface area contributed by atoms with Crippen molar-refractivity contribution in [2.75, 3.05) is 11.1 Å². The van der Waals surface area contributed by atoms with Gasteiger partial charge in [0.2, 0.25) is 5.91 Å². The minimum Gasteiger partial charge on any atom is -0.360 e. The average Bonchev–Trinajstić information content (AvgIpc) is 2.94. The molecule has 3 aromatic rings. The lowest BCUT2D eigenvalue weighted by Gasteiger charge is -2.10. The molecule has 3 rings (SSSR count). The SMILES string of the molecule is Cc1cc(NC(=O)CSc2nc3c(C)c(C)ccc3cc2C)no1.